The Hall–Kier alpha value is -10.3. The number of nitrogens with zero attached hydrogens (tertiary/aromatic N) is 2. The van der Waals surface area contributed by atoms with Crippen LogP contribution in [0.2, 0.25) is 0 Å². The molecule has 0 fully saturated rings. The van der Waals surface area contributed by atoms with Crippen molar-refractivity contribution >= 4 is 49.6 Å². The third kappa shape index (κ3) is 6.84. The van der Waals surface area contributed by atoms with Crippen molar-refractivity contribution in [1.29, 1.82) is 0 Å². The van der Waals surface area contributed by atoms with Crippen LogP contribution in [0.3, 0.4) is 0 Å². The normalized spacial score (nSPS) is 12.7. The van der Waals surface area contributed by atoms with Gasteiger partial charge in [-0.2, -0.15) is 0 Å². The predicted molar refractivity (Wildman–Crippen MR) is 331 cm³/mol. The summed E-state index contributed by atoms with van der Waals surface area (Å²) < 4.78 is 2.41. The minimum absolute atomic E-state index is 0.475. The second-order valence-electron chi connectivity index (χ2n) is 21.1. The van der Waals surface area contributed by atoms with E-state index >= 15 is 0 Å². The van der Waals surface area contributed by atoms with Crippen molar-refractivity contribution in [3.05, 3.63) is 326 Å². The molecule has 0 atom stereocenters. The highest BCUT2D eigenvalue weighted by Crippen LogP contribution is 2.63. The molecule has 2 aliphatic rings. The molecule has 2 nitrogen and oxygen atoms in total. The summed E-state index contributed by atoms with van der Waals surface area (Å²) in [6.07, 6.45) is 0. The Morgan fingerprint density at radius 3 is 1.48 bits per heavy atom. The van der Waals surface area contributed by atoms with Crippen LogP contribution < -0.4 is 4.90 Å². The molecule has 0 unspecified atom stereocenters. The first-order valence-electron chi connectivity index (χ1n) is 27.4. The Morgan fingerprint density at radius 1 is 0.266 bits per heavy atom. The highest BCUT2D eigenvalue weighted by molar-refractivity contribution is 6.16. The minimum Gasteiger partial charge on any atom is -0.310 e. The van der Waals surface area contributed by atoms with Crippen molar-refractivity contribution in [2.45, 2.75) is 5.41 Å². The molecule has 0 amide bonds. The third-order valence-electron chi connectivity index (χ3n) is 17.0. The summed E-state index contributed by atoms with van der Waals surface area (Å²) in [5, 5.41) is 4.94. The lowest BCUT2D eigenvalue weighted by molar-refractivity contribution is 0.793. The van der Waals surface area contributed by atoms with Gasteiger partial charge < -0.3 is 9.47 Å². The lowest BCUT2D eigenvalue weighted by Crippen LogP contribution is -2.26. The van der Waals surface area contributed by atoms with E-state index in [0.717, 1.165) is 39.4 Å². The Labute approximate surface area is 460 Å². The highest BCUT2D eigenvalue weighted by atomic mass is 15.1. The van der Waals surface area contributed by atoms with Gasteiger partial charge in [-0.05, 0) is 167 Å². The number of hydrogen-bond donors (Lipinski definition) is 0. The standard InChI is InChI=1S/C77H50N2/c1-3-21-53(22-4-1)62-28-12-17-38-73(62)78(59-45-46-67-66-31-11-16-37-71(66)77(72(67)50-59)69-35-14-9-29-64(69)65-30-10-15-36-70(65)77)58-43-41-51(42-44-58)54-47-55(61-33-19-24-52-23-7-8-27-60(52)61)49-56(48-54)63-34-20-40-75-76(63)68-32-13-18-39-74(68)79(75)57-25-5-2-6-26-57/h1-50H. The molecule has 1 heterocycles. The van der Waals surface area contributed by atoms with Crippen LogP contribution in [0.15, 0.2) is 303 Å². The van der Waals surface area contributed by atoms with E-state index in [1.807, 2.05) is 0 Å². The second-order valence-corrected chi connectivity index (χ2v) is 21.1. The van der Waals surface area contributed by atoms with Crippen LogP contribution >= 0.6 is 0 Å². The molecule has 0 aliphatic heterocycles. The minimum atomic E-state index is -0.475. The average molecular weight is 1000 g/mol. The first-order chi connectivity index (χ1) is 39.2. The molecule has 0 bridgehead atoms. The number of aromatic nitrogens is 1. The fraction of sp³-hybridized carbons (Fsp3) is 0.0130. The molecular weight excluding hydrogens is 953 g/mol. The van der Waals surface area contributed by atoms with Crippen LogP contribution in [0, 0.1) is 0 Å². The molecule has 2 aliphatic carbocycles. The van der Waals surface area contributed by atoms with Crippen LogP contribution in [0.1, 0.15) is 22.3 Å². The summed E-state index contributed by atoms with van der Waals surface area (Å²) in [7, 11) is 0. The molecule has 79 heavy (non-hydrogen) atoms. The monoisotopic (exact) mass is 1000 g/mol. The quantitative estimate of drug-likeness (QED) is 0.147. The molecule has 1 spiro atoms. The first kappa shape index (κ1) is 45.0. The number of para-hydroxylation sites is 3. The van der Waals surface area contributed by atoms with Gasteiger partial charge in [-0.25, -0.2) is 0 Å². The van der Waals surface area contributed by atoms with Gasteiger partial charge in [0.05, 0.1) is 22.1 Å². The zero-order valence-electron chi connectivity index (χ0n) is 43.3. The number of fused-ring (bicyclic) bond motifs is 14. The summed E-state index contributed by atoms with van der Waals surface area (Å²) in [6, 6.07) is 113. The summed E-state index contributed by atoms with van der Waals surface area (Å²) in [5.41, 5.74) is 26.2. The zero-order valence-corrected chi connectivity index (χ0v) is 43.3. The van der Waals surface area contributed by atoms with Gasteiger partial charge in [0.1, 0.15) is 0 Å². The van der Waals surface area contributed by atoms with Crippen molar-refractivity contribution in [2.75, 3.05) is 4.90 Å². The van der Waals surface area contributed by atoms with Gasteiger partial charge >= 0.3 is 0 Å². The molecule has 2 heteroatoms. The predicted octanol–water partition coefficient (Wildman–Crippen LogP) is 20.4. The smallest absolute Gasteiger partial charge is 0.0726 e. The number of rotatable bonds is 8. The largest absolute Gasteiger partial charge is 0.310 e. The Balaban J connectivity index is 0.898. The van der Waals surface area contributed by atoms with Gasteiger partial charge in [0, 0.05) is 33.4 Å². The fourth-order valence-electron chi connectivity index (χ4n) is 13.7. The molecule has 368 valence electrons. The number of anilines is 3. The van der Waals surface area contributed by atoms with E-state index in [9.17, 15) is 0 Å². The van der Waals surface area contributed by atoms with Crippen molar-refractivity contribution in [1.82, 2.24) is 4.57 Å². The Kier molecular flexibility index (Phi) is 10.2. The maximum Gasteiger partial charge on any atom is 0.0726 e. The molecule has 0 N–H and O–H groups in total. The van der Waals surface area contributed by atoms with E-state index in [1.54, 1.807) is 0 Å². The Bertz CT molecular complexity index is 4650. The molecule has 0 radical (unpaired) electrons. The van der Waals surface area contributed by atoms with Gasteiger partial charge in [-0.15, -0.1) is 0 Å². The molecule has 0 saturated heterocycles. The number of benzene rings is 13. The number of hydrogen-bond acceptors (Lipinski definition) is 1. The van der Waals surface area contributed by atoms with E-state index in [4.69, 9.17) is 0 Å². The van der Waals surface area contributed by atoms with E-state index in [0.29, 0.717) is 0 Å². The first-order valence-corrected chi connectivity index (χ1v) is 27.4. The lowest BCUT2D eigenvalue weighted by Gasteiger charge is -2.32. The summed E-state index contributed by atoms with van der Waals surface area (Å²) in [6.45, 7) is 0. The molecule has 16 rings (SSSR count). The van der Waals surface area contributed by atoms with E-state index in [2.05, 4.69) is 313 Å². The SMILES string of the molecule is c1ccc(-c2ccccc2N(c2ccc(-c3cc(-c4cccc5ccccc45)cc(-c4cccc5c4c4ccccc4n5-c4ccccc4)c3)cc2)c2ccc3c(c2)C2(c4ccccc4-c4ccccc42)c2ccccc2-3)cc1. The summed E-state index contributed by atoms with van der Waals surface area (Å²) in [5.74, 6) is 0. The topological polar surface area (TPSA) is 8.17 Å². The third-order valence-corrected chi connectivity index (χ3v) is 17.0. The fourth-order valence-corrected chi connectivity index (χ4v) is 13.7. The molecule has 14 aromatic rings. The van der Waals surface area contributed by atoms with Gasteiger partial charge in [0.25, 0.3) is 0 Å². The van der Waals surface area contributed by atoms with Gasteiger partial charge in [-0.1, -0.05) is 231 Å². The molecular formula is C77H50N2. The van der Waals surface area contributed by atoms with Crippen molar-refractivity contribution in [3.8, 4) is 72.4 Å². The van der Waals surface area contributed by atoms with Crippen LogP contribution in [0.25, 0.3) is 105 Å². The van der Waals surface area contributed by atoms with Gasteiger partial charge in [-0.3, -0.25) is 0 Å². The average Bonchev–Trinajstić information content (AvgIpc) is 2.50. The van der Waals surface area contributed by atoms with E-state index < -0.39 is 5.41 Å². The lowest BCUT2D eigenvalue weighted by atomic mass is 9.70. The van der Waals surface area contributed by atoms with Crippen LogP contribution in [0.4, 0.5) is 17.1 Å². The van der Waals surface area contributed by atoms with Crippen LogP contribution in [-0.4, -0.2) is 4.57 Å². The van der Waals surface area contributed by atoms with E-state index in [-0.39, 0.29) is 0 Å². The summed E-state index contributed by atoms with van der Waals surface area (Å²) in [4.78, 5) is 2.48. The molecule has 0 saturated carbocycles. The van der Waals surface area contributed by atoms with Crippen molar-refractivity contribution in [3.63, 3.8) is 0 Å². The zero-order chi connectivity index (χ0) is 52.0. The van der Waals surface area contributed by atoms with Gasteiger partial charge in [0.15, 0.2) is 0 Å². The van der Waals surface area contributed by atoms with Crippen LogP contribution in [-0.2, 0) is 5.41 Å². The van der Waals surface area contributed by atoms with Crippen molar-refractivity contribution in [2.24, 2.45) is 0 Å². The highest BCUT2D eigenvalue weighted by Gasteiger charge is 2.51. The van der Waals surface area contributed by atoms with Crippen LogP contribution in [0.5, 0.6) is 0 Å². The Morgan fingerprint density at radius 2 is 0.759 bits per heavy atom. The second kappa shape index (κ2) is 17.9. The van der Waals surface area contributed by atoms with E-state index in [1.165, 1.54) is 105 Å². The molecule has 1 aromatic heterocycles. The van der Waals surface area contributed by atoms with Gasteiger partial charge in [0.2, 0.25) is 0 Å². The molecule has 13 aromatic carbocycles. The van der Waals surface area contributed by atoms with Crippen molar-refractivity contribution < 1.29 is 0 Å². The maximum absolute atomic E-state index is 2.50. The maximum atomic E-state index is 2.50. The summed E-state index contributed by atoms with van der Waals surface area (Å²) >= 11 is 0.